The van der Waals surface area contributed by atoms with E-state index in [0.29, 0.717) is 33.6 Å². The summed E-state index contributed by atoms with van der Waals surface area (Å²) in [6, 6.07) is 12.3. The van der Waals surface area contributed by atoms with Crippen molar-refractivity contribution in [3.8, 4) is 23.0 Å². The summed E-state index contributed by atoms with van der Waals surface area (Å²) in [7, 11) is 2.92. The molecule has 0 saturated carbocycles. The highest BCUT2D eigenvalue weighted by molar-refractivity contribution is 9.10. The van der Waals surface area contributed by atoms with Crippen molar-refractivity contribution in [2.75, 3.05) is 14.2 Å². The topological polar surface area (TPSA) is 83.2 Å². The van der Waals surface area contributed by atoms with Gasteiger partial charge in [-0.05, 0) is 70.0 Å². The number of halogens is 4. The second-order valence-corrected chi connectivity index (χ2v) is 7.38. The van der Waals surface area contributed by atoms with Crippen molar-refractivity contribution >= 4 is 33.5 Å². The molecule has 172 valence electrons. The zero-order valence-corrected chi connectivity index (χ0v) is 18.8. The number of rotatable bonds is 7. The number of nitrogens with zero attached hydrogens (tertiary/aromatic N) is 2. The highest BCUT2D eigenvalue weighted by atomic mass is 79.9. The minimum absolute atomic E-state index is 0.0574. The quantitative estimate of drug-likeness (QED) is 0.190. The fourth-order valence-electron chi connectivity index (χ4n) is 2.76. The van der Waals surface area contributed by atoms with E-state index in [2.05, 4.69) is 20.9 Å². The lowest BCUT2D eigenvalue weighted by Gasteiger charge is -2.14. The van der Waals surface area contributed by atoms with Gasteiger partial charge in [0.05, 0.1) is 34.9 Å². The Balaban J connectivity index is 1.93. The number of hydrogen-bond donors (Lipinski definition) is 0. The summed E-state index contributed by atoms with van der Waals surface area (Å²) >= 11 is 3.32. The molecule has 7 nitrogen and oxygen atoms in total. The molecule has 0 aliphatic rings. The number of hydrogen-bond acceptors (Lipinski definition) is 6. The summed E-state index contributed by atoms with van der Waals surface area (Å²) in [5.74, 6) is 0.570. The van der Waals surface area contributed by atoms with Gasteiger partial charge in [-0.1, -0.05) is 0 Å². The summed E-state index contributed by atoms with van der Waals surface area (Å²) in [5.41, 5.74) is -0.697. The third-order valence-electron chi connectivity index (χ3n) is 4.38. The van der Waals surface area contributed by atoms with E-state index in [9.17, 15) is 23.3 Å². The zero-order chi connectivity index (χ0) is 24.2. The first-order chi connectivity index (χ1) is 15.6. The maximum atomic E-state index is 12.9. The van der Waals surface area contributed by atoms with Crippen LogP contribution in [0, 0.1) is 10.1 Å². The Morgan fingerprint density at radius 3 is 2.27 bits per heavy atom. The minimum Gasteiger partial charge on any atom is -0.497 e. The Morgan fingerprint density at radius 2 is 1.70 bits per heavy atom. The average molecular weight is 525 g/mol. The molecule has 0 unspecified atom stereocenters. The highest BCUT2D eigenvalue weighted by Gasteiger charge is 2.33. The van der Waals surface area contributed by atoms with E-state index in [1.54, 1.807) is 49.7 Å². The van der Waals surface area contributed by atoms with Crippen LogP contribution >= 0.6 is 15.9 Å². The van der Waals surface area contributed by atoms with Crippen LogP contribution in [0.2, 0.25) is 0 Å². The molecule has 0 saturated heterocycles. The van der Waals surface area contributed by atoms with Gasteiger partial charge in [-0.2, -0.15) is 13.2 Å². The molecule has 0 amide bonds. The van der Waals surface area contributed by atoms with Gasteiger partial charge in [0.2, 0.25) is 5.75 Å². The van der Waals surface area contributed by atoms with Gasteiger partial charge in [-0.3, -0.25) is 15.1 Å². The second kappa shape index (κ2) is 9.90. The number of aliphatic imine (C=N–C) groups is 1. The van der Waals surface area contributed by atoms with Crippen LogP contribution in [0.15, 0.2) is 64.1 Å². The Morgan fingerprint density at radius 1 is 1.00 bits per heavy atom. The van der Waals surface area contributed by atoms with Gasteiger partial charge < -0.3 is 14.2 Å². The van der Waals surface area contributed by atoms with Crippen molar-refractivity contribution < 1.29 is 32.3 Å². The summed E-state index contributed by atoms with van der Waals surface area (Å²) < 4.78 is 55.2. The fourth-order valence-corrected chi connectivity index (χ4v) is 3.30. The second-order valence-electron chi connectivity index (χ2n) is 6.53. The molecule has 0 radical (unpaired) electrons. The fraction of sp³-hybridized carbons (Fsp3) is 0.136. The normalized spacial score (nSPS) is 11.5. The van der Waals surface area contributed by atoms with Crippen LogP contribution in [0.1, 0.15) is 11.1 Å². The highest BCUT2D eigenvalue weighted by Crippen LogP contribution is 2.43. The summed E-state index contributed by atoms with van der Waals surface area (Å²) in [6.07, 6.45) is -3.16. The van der Waals surface area contributed by atoms with Crippen molar-refractivity contribution in [1.82, 2.24) is 0 Å². The summed E-state index contributed by atoms with van der Waals surface area (Å²) in [6.45, 7) is 0. The lowest BCUT2D eigenvalue weighted by molar-refractivity contribution is -0.385. The third-order valence-corrected chi connectivity index (χ3v) is 4.97. The lowest BCUT2D eigenvalue weighted by Crippen LogP contribution is -2.06. The number of nitro benzene ring substituents is 1. The standard InChI is InChI=1S/C22H16BrF3N2O5/c1-31-16-6-4-15(5-7-16)27-12-13-9-17(23)21(20(10-13)32-2)33-19-8-3-14(22(24,25)26)11-18(19)28(29)30/h3-12H,1-2H3. The van der Waals surface area contributed by atoms with Crippen LogP contribution in [0.4, 0.5) is 24.5 Å². The van der Waals surface area contributed by atoms with E-state index >= 15 is 0 Å². The van der Waals surface area contributed by atoms with Crippen LogP contribution in [-0.2, 0) is 6.18 Å². The Kier molecular flexibility index (Phi) is 7.22. The van der Waals surface area contributed by atoms with Gasteiger partial charge in [0.1, 0.15) is 5.75 Å². The first kappa shape index (κ1) is 24.1. The van der Waals surface area contributed by atoms with Crippen molar-refractivity contribution in [2.24, 2.45) is 4.99 Å². The zero-order valence-electron chi connectivity index (χ0n) is 17.2. The molecule has 0 bridgehead atoms. The number of benzene rings is 3. The molecular weight excluding hydrogens is 509 g/mol. The molecule has 3 aromatic carbocycles. The van der Waals surface area contributed by atoms with Gasteiger partial charge in [-0.25, -0.2) is 0 Å². The molecule has 0 aliphatic heterocycles. The SMILES string of the molecule is COc1ccc(N=Cc2cc(Br)c(Oc3ccc(C(F)(F)F)cc3[N+](=O)[O-])c(OC)c2)cc1. The summed E-state index contributed by atoms with van der Waals surface area (Å²) in [4.78, 5) is 14.7. The Labute approximate surface area is 194 Å². The molecule has 3 rings (SSSR count). The number of ether oxygens (including phenoxy) is 3. The molecule has 0 aliphatic carbocycles. The minimum atomic E-state index is -4.73. The van der Waals surface area contributed by atoms with E-state index in [1.807, 2.05) is 0 Å². The molecule has 3 aromatic rings. The third kappa shape index (κ3) is 5.80. The molecule has 0 N–H and O–H groups in total. The van der Waals surface area contributed by atoms with Crippen molar-refractivity contribution in [1.29, 1.82) is 0 Å². The first-order valence-electron chi connectivity index (χ1n) is 9.21. The van der Waals surface area contributed by atoms with Crippen molar-refractivity contribution in [3.63, 3.8) is 0 Å². The molecule has 33 heavy (non-hydrogen) atoms. The first-order valence-corrected chi connectivity index (χ1v) is 10.0. The molecule has 11 heteroatoms. The molecule has 0 heterocycles. The smallest absolute Gasteiger partial charge is 0.416 e. The van der Waals surface area contributed by atoms with E-state index in [0.717, 1.165) is 6.07 Å². The molecular formula is C22H16BrF3N2O5. The predicted octanol–water partition coefficient (Wildman–Crippen LogP) is 6.94. The molecule has 0 aromatic heterocycles. The number of methoxy groups -OCH3 is 2. The van der Waals surface area contributed by atoms with Crippen LogP contribution in [0.5, 0.6) is 23.0 Å². The van der Waals surface area contributed by atoms with Gasteiger partial charge >= 0.3 is 11.9 Å². The predicted molar refractivity (Wildman–Crippen MR) is 119 cm³/mol. The van der Waals surface area contributed by atoms with E-state index in [-0.39, 0.29) is 17.2 Å². The summed E-state index contributed by atoms with van der Waals surface area (Å²) in [5, 5.41) is 11.3. The van der Waals surface area contributed by atoms with Crippen molar-refractivity contribution in [2.45, 2.75) is 6.18 Å². The molecule has 0 atom stereocenters. The van der Waals surface area contributed by atoms with Gasteiger partial charge in [0, 0.05) is 12.3 Å². The van der Waals surface area contributed by atoms with Crippen LogP contribution in [-0.4, -0.2) is 25.4 Å². The Hall–Kier alpha value is -3.60. The number of alkyl halides is 3. The average Bonchev–Trinajstić information content (AvgIpc) is 2.78. The largest absolute Gasteiger partial charge is 0.497 e. The van der Waals surface area contributed by atoms with Gasteiger partial charge in [-0.15, -0.1) is 0 Å². The maximum absolute atomic E-state index is 12.9. The molecule has 0 fully saturated rings. The van der Waals surface area contributed by atoms with Crippen molar-refractivity contribution in [3.05, 3.63) is 80.3 Å². The molecule has 0 spiro atoms. The van der Waals surface area contributed by atoms with E-state index < -0.39 is 22.4 Å². The number of nitro groups is 1. The lowest BCUT2D eigenvalue weighted by atomic mass is 10.1. The monoisotopic (exact) mass is 524 g/mol. The van der Waals surface area contributed by atoms with Crippen LogP contribution in [0.25, 0.3) is 0 Å². The van der Waals surface area contributed by atoms with Crippen LogP contribution < -0.4 is 14.2 Å². The Bertz CT molecular complexity index is 1200. The van der Waals surface area contributed by atoms with Crippen LogP contribution in [0.3, 0.4) is 0 Å². The van der Waals surface area contributed by atoms with E-state index in [4.69, 9.17) is 14.2 Å². The van der Waals surface area contributed by atoms with Gasteiger partial charge in [0.15, 0.2) is 11.5 Å². The maximum Gasteiger partial charge on any atom is 0.416 e. The van der Waals surface area contributed by atoms with Gasteiger partial charge in [0.25, 0.3) is 0 Å². The van der Waals surface area contributed by atoms with E-state index in [1.165, 1.54) is 7.11 Å².